The van der Waals surface area contributed by atoms with Gasteiger partial charge in [-0.15, -0.1) is 12.4 Å². The van der Waals surface area contributed by atoms with Gasteiger partial charge in [-0.3, -0.25) is 10.1 Å². The third kappa shape index (κ3) is 4.76. The standard InChI is InChI=1S/C15H23N3O6S.ClH/c1-10(2)11(16)4-5-17(3)25(21,22)15-9-14-13(23-6-7-24-14)8-12(15)18(19)20;/h8-11H,4-7,16H2,1-3H3;1H. The van der Waals surface area contributed by atoms with E-state index in [-0.39, 0.29) is 55.6 Å². The van der Waals surface area contributed by atoms with Gasteiger partial charge < -0.3 is 15.2 Å². The van der Waals surface area contributed by atoms with Crippen LogP contribution in [0.25, 0.3) is 0 Å². The minimum Gasteiger partial charge on any atom is -0.486 e. The molecule has 26 heavy (non-hydrogen) atoms. The van der Waals surface area contributed by atoms with Crippen molar-refractivity contribution in [2.24, 2.45) is 11.7 Å². The summed E-state index contributed by atoms with van der Waals surface area (Å²) in [5.74, 6) is 0.559. The zero-order valence-corrected chi connectivity index (χ0v) is 16.5. The van der Waals surface area contributed by atoms with E-state index < -0.39 is 25.5 Å². The third-order valence-corrected chi connectivity index (χ3v) is 6.03. The van der Waals surface area contributed by atoms with E-state index in [0.717, 1.165) is 16.4 Å². The van der Waals surface area contributed by atoms with E-state index in [1.165, 1.54) is 7.05 Å². The largest absolute Gasteiger partial charge is 0.486 e. The molecule has 0 spiro atoms. The molecular formula is C15H24ClN3O6S. The van der Waals surface area contributed by atoms with Crippen molar-refractivity contribution >= 4 is 28.1 Å². The molecule has 0 fully saturated rings. The van der Waals surface area contributed by atoms with Crippen LogP contribution >= 0.6 is 12.4 Å². The van der Waals surface area contributed by atoms with Gasteiger partial charge in [-0.2, -0.15) is 0 Å². The summed E-state index contributed by atoms with van der Waals surface area (Å²) in [5, 5.41) is 11.3. The number of nitro groups is 1. The number of nitrogens with zero attached hydrogens (tertiary/aromatic N) is 2. The van der Waals surface area contributed by atoms with Crippen LogP contribution in [0.2, 0.25) is 0 Å². The number of ether oxygens (including phenoxy) is 2. The van der Waals surface area contributed by atoms with E-state index in [1.807, 2.05) is 13.8 Å². The predicted octanol–water partition coefficient (Wildman–Crippen LogP) is 1.78. The summed E-state index contributed by atoms with van der Waals surface area (Å²) in [6.45, 7) is 4.57. The molecule has 0 radical (unpaired) electrons. The van der Waals surface area contributed by atoms with Crippen molar-refractivity contribution in [2.75, 3.05) is 26.8 Å². The fourth-order valence-corrected chi connectivity index (χ4v) is 3.70. The summed E-state index contributed by atoms with van der Waals surface area (Å²) in [4.78, 5) is 10.2. The maximum Gasteiger partial charge on any atom is 0.293 e. The lowest BCUT2D eigenvalue weighted by atomic mass is 10.0. The van der Waals surface area contributed by atoms with Gasteiger partial charge in [-0.1, -0.05) is 13.8 Å². The quantitative estimate of drug-likeness (QED) is 0.537. The summed E-state index contributed by atoms with van der Waals surface area (Å²) in [6.07, 6.45) is 0.450. The molecule has 1 aliphatic heterocycles. The highest BCUT2D eigenvalue weighted by Crippen LogP contribution is 2.39. The third-order valence-electron chi connectivity index (χ3n) is 4.14. The SMILES string of the molecule is CC(C)C(N)CCN(C)S(=O)(=O)c1cc2c(cc1[N+](=O)[O-])OCCO2.Cl. The summed E-state index contributed by atoms with van der Waals surface area (Å²) >= 11 is 0. The summed E-state index contributed by atoms with van der Waals surface area (Å²) in [7, 11) is -2.69. The number of halogens is 1. The van der Waals surface area contributed by atoms with Crippen molar-refractivity contribution in [3.8, 4) is 11.5 Å². The van der Waals surface area contributed by atoms with E-state index in [9.17, 15) is 18.5 Å². The highest BCUT2D eigenvalue weighted by molar-refractivity contribution is 7.89. The lowest BCUT2D eigenvalue weighted by Crippen LogP contribution is -2.35. The number of hydrogen-bond acceptors (Lipinski definition) is 7. The number of hydrogen-bond donors (Lipinski definition) is 1. The summed E-state index contributed by atoms with van der Waals surface area (Å²) in [5.41, 5.74) is 5.41. The Balaban J connectivity index is 0.00000338. The van der Waals surface area contributed by atoms with Crippen LogP contribution in [0.15, 0.2) is 17.0 Å². The Kier molecular flexibility index (Phi) is 7.63. The van der Waals surface area contributed by atoms with Gasteiger partial charge in [-0.05, 0) is 12.3 Å². The minimum atomic E-state index is -4.07. The maximum atomic E-state index is 12.8. The van der Waals surface area contributed by atoms with Crippen molar-refractivity contribution < 1.29 is 22.8 Å². The van der Waals surface area contributed by atoms with Gasteiger partial charge in [0.05, 0.1) is 11.0 Å². The van der Waals surface area contributed by atoms with E-state index >= 15 is 0 Å². The van der Waals surface area contributed by atoms with Crippen molar-refractivity contribution in [3.05, 3.63) is 22.2 Å². The molecule has 2 N–H and O–H groups in total. The number of nitrogens with two attached hydrogens (primary N) is 1. The molecule has 2 rings (SSSR count). The average molecular weight is 410 g/mol. The Hall–Kier alpha value is -1.62. The van der Waals surface area contributed by atoms with Crippen molar-refractivity contribution in [1.82, 2.24) is 4.31 Å². The zero-order chi connectivity index (χ0) is 18.8. The van der Waals surface area contributed by atoms with Gasteiger partial charge in [0.1, 0.15) is 13.2 Å². The molecule has 148 valence electrons. The topological polar surface area (TPSA) is 125 Å². The van der Waals surface area contributed by atoms with Crippen LogP contribution in [0.1, 0.15) is 20.3 Å². The molecule has 1 aromatic rings. The zero-order valence-electron chi connectivity index (χ0n) is 14.9. The molecule has 1 unspecified atom stereocenters. The monoisotopic (exact) mass is 409 g/mol. The summed E-state index contributed by atoms with van der Waals surface area (Å²) < 4.78 is 37.3. The molecular weight excluding hydrogens is 386 g/mol. The molecule has 0 aromatic heterocycles. The Bertz CT molecular complexity index is 756. The first-order chi connectivity index (χ1) is 11.6. The van der Waals surface area contributed by atoms with Crippen molar-refractivity contribution in [1.29, 1.82) is 0 Å². The molecule has 1 heterocycles. The molecule has 0 bridgehead atoms. The van der Waals surface area contributed by atoms with Crippen LogP contribution in [0.3, 0.4) is 0 Å². The maximum absolute atomic E-state index is 12.8. The fraction of sp³-hybridized carbons (Fsp3) is 0.600. The Labute approximate surface area is 159 Å². The molecule has 0 aliphatic carbocycles. The van der Waals surface area contributed by atoms with Crippen LogP contribution < -0.4 is 15.2 Å². The Morgan fingerprint density at radius 1 is 1.27 bits per heavy atom. The predicted molar refractivity (Wildman–Crippen MR) is 98.6 cm³/mol. The Morgan fingerprint density at radius 2 is 1.81 bits per heavy atom. The smallest absolute Gasteiger partial charge is 0.293 e. The van der Waals surface area contributed by atoms with Gasteiger partial charge in [0.25, 0.3) is 5.69 Å². The van der Waals surface area contributed by atoms with Gasteiger partial charge >= 0.3 is 0 Å². The van der Waals surface area contributed by atoms with Crippen LogP contribution in [0.4, 0.5) is 5.69 Å². The number of benzene rings is 1. The first kappa shape index (κ1) is 22.4. The lowest BCUT2D eigenvalue weighted by molar-refractivity contribution is -0.388. The average Bonchev–Trinajstić information content (AvgIpc) is 2.57. The molecule has 1 aliphatic rings. The second-order valence-electron chi connectivity index (χ2n) is 6.24. The van der Waals surface area contributed by atoms with Crippen LogP contribution in [-0.4, -0.2) is 50.5 Å². The molecule has 0 amide bonds. The molecule has 0 saturated heterocycles. The lowest BCUT2D eigenvalue weighted by Gasteiger charge is -2.23. The van der Waals surface area contributed by atoms with Gasteiger partial charge in [-0.25, -0.2) is 12.7 Å². The molecule has 11 heteroatoms. The van der Waals surface area contributed by atoms with Crippen molar-refractivity contribution in [2.45, 2.75) is 31.2 Å². The highest BCUT2D eigenvalue weighted by atomic mass is 35.5. The Morgan fingerprint density at radius 3 is 2.31 bits per heavy atom. The minimum absolute atomic E-state index is 0. The van der Waals surface area contributed by atoms with E-state index in [0.29, 0.717) is 6.42 Å². The van der Waals surface area contributed by atoms with E-state index in [1.54, 1.807) is 0 Å². The van der Waals surface area contributed by atoms with Gasteiger partial charge in [0, 0.05) is 25.7 Å². The number of rotatable bonds is 7. The van der Waals surface area contributed by atoms with Crippen molar-refractivity contribution in [3.63, 3.8) is 0 Å². The first-order valence-corrected chi connectivity index (χ1v) is 9.38. The number of fused-ring (bicyclic) bond motifs is 1. The van der Waals surface area contributed by atoms with E-state index in [4.69, 9.17) is 15.2 Å². The fourth-order valence-electron chi connectivity index (χ4n) is 2.36. The summed E-state index contributed by atoms with van der Waals surface area (Å²) in [6, 6.07) is 2.09. The van der Waals surface area contributed by atoms with E-state index in [2.05, 4.69) is 0 Å². The van der Waals surface area contributed by atoms with Gasteiger partial charge in [0.2, 0.25) is 10.0 Å². The normalized spacial score (nSPS) is 14.8. The van der Waals surface area contributed by atoms with Crippen LogP contribution in [0, 0.1) is 16.0 Å². The second-order valence-corrected chi connectivity index (χ2v) is 8.26. The number of sulfonamides is 1. The van der Waals surface area contributed by atoms with Gasteiger partial charge in [0.15, 0.2) is 16.4 Å². The molecule has 9 nitrogen and oxygen atoms in total. The molecule has 1 aromatic carbocycles. The molecule has 0 saturated carbocycles. The highest BCUT2D eigenvalue weighted by Gasteiger charge is 2.33. The molecule has 1 atom stereocenters. The first-order valence-electron chi connectivity index (χ1n) is 7.94. The van der Waals surface area contributed by atoms with Crippen LogP contribution in [0.5, 0.6) is 11.5 Å². The number of nitro benzene ring substituents is 1. The van der Waals surface area contributed by atoms with Crippen LogP contribution in [-0.2, 0) is 10.0 Å². The second kappa shape index (κ2) is 8.85.